The van der Waals surface area contributed by atoms with E-state index in [0.29, 0.717) is 38.7 Å². The number of likely N-dealkylation sites (tertiary alicyclic amines) is 1. The van der Waals surface area contributed by atoms with E-state index in [1.54, 1.807) is 17.0 Å². The summed E-state index contributed by atoms with van der Waals surface area (Å²) in [4.78, 5) is 19.4. The third kappa shape index (κ3) is 3.98. The second-order valence-corrected chi connectivity index (χ2v) is 9.30. The molecule has 1 fully saturated rings. The lowest BCUT2D eigenvalue weighted by Crippen LogP contribution is -2.42. The average Bonchev–Trinajstić information content (AvgIpc) is 3.24. The molecule has 29 heavy (non-hydrogen) atoms. The lowest BCUT2D eigenvalue weighted by atomic mass is 9.92. The molecule has 4 heterocycles. The summed E-state index contributed by atoms with van der Waals surface area (Å²) in [5, 5.41) is 3.96. The number of aromatic nitrogens is 3. The van der Waals surface area contributed by atoms with Gasteiger partial charge in [0.1, 0.15) is 0 Å². The van der Waals surface area contributed by atoms with Gasteiger partial charge in [-0.2, -0.15) is 18.3 Å². The van der Waals surface area contributed by atoms with Crippen molar-refractivity contribution in [1.82, 2.24) is 19.5 Å². The fourth-order valence-corrected chi connectivity index (χ4v) is 4.85. The normalized spacial score (nSPS) is 20.4. The summed E-state index contributed by atoms with van der Waals surface area (Å²) in [6.45, 7) is 5.24. The Bertz CT molecular complexity index is 1070. The highest BCUT2D eigenvalue weighted by molar-refractivity contribution is 7.19. The first-order valence-corrected chi connectivity index (χ1v) is 10.3. The van der Waals surface area contributed by atoms with E-state index in [9.17, 15) is 18.0 Å². The van der Waals surface area contributed by atoms with Crippen LogP contribution in [0, 0.1) is 11.8 Å². The molecule has 0 radical (unpaired) electrons. The van der Waals surface area contributed by atoms with Gasteiger partial charge in [0.25, 0.3) is 5.91 Å². The van der Waals surface area contributed by atoms with Crippen LogP contribution in [0.2, 0.25) is 4.34 Å². The molecule has 2 atom stereocenters. The van der Waals surface area contributed by atoms with Crippen LogP contribution in [0.4, 0.5) is 13.2 Å². The van der Waals surface area contributed by atoms with Gasteiger partial charge >= 0.3 is 6.18 Å². The summed E-state index contributed by atoms with van der Waals surface area (Å²) in [5.41, 5.74) is -0.909. The van der Waals surface area contributed by atoms with Crippen molar-refractivity contribution in [2.45, 2.75) is 26.4 Å². The second-order valence-electron chi connectivity index (χ2n) is 7.58. The molecule has 1 amide bonds. The molecule has 0 aliphatic carbocycles. The van der Waals surface area contributed by atoms with Gasteiger partial charge in [-0.05, 0) is 36.5 Å². The number of fused-ring (bicyclic) bond motifs is 1. The topological polar surface area (TPSA) is 50.5 Å². The van der Waals surface area contributed by atoms with Gasteiger partial charge in [0.15, 0.2) is 17.0 Å². The number of piperidine rings is 1. The van der Waals surface area contributed by atoms with Gasteiger partial charge in [-0.3, -0.25) is 4.79 Å². The maximum Gasteiger partial charge on any atom is 0.433 e. The van der Waals surface area contributed by atoms with Gasteiger partial charge in [0.05, 0.1) is 14.9 Å². The van der Waals surface area contributed by atoms with Crippen molar-refractivity contribution in [2.24, 2.45) is 11.8 Å². The van der Waals surface area contributed by atoms with Crippen molar-refractivity contribution in [3.05, 3.63) is 40.0 Å². The van der Waals surface area contributed by atoms with Crippen LogP contribution in [0.3, 0.4) is 0 Å². The summed E-state index contributed by atoms with van der Waals surface area (Å²) in [6, 6.07) is 5.47. The van der Waals surface area contributed by atoms with E-state index < -0.39 is 11.9 Å². The van der Waals surface area contributed by atoms with Crippen LogP contribution in [-0.2, 0) is 6.18 Å². The Morgan fingerprint density at radius 3 is 2.48 bits per heavy atom. The molecule has 0 saturated carbocycles. The van der Waals surface area contributed by atoms with Crippen LogP contribution in [0.1, 0.15) is 36.5 Å². The fourth-order valence-electron chi connectivity index (χ4n) is 3.85. The van der Waals surface area contributed by atoms with E-state index in [0.717, 1.165) is 23.8 Å². The monoisotopic (exact) mass is 442 g/mol. The van der Waals surface area contributed by atoms with E-state index in [4.69, 9.17) is 11.6 Å². The second kappa shape index (κ2) is 7.28. The highest BCUT2D eigenvalue weighted by Crippen LogP contribution is 2.35. The zero-order valence-electron chi connectivity index (χ0n) is 15.7. The quantitative estimate of drug-likeness (QED) is 0.544. The Morgan fingerprint density at radius 1 is 1.21 bits per heavy atom. The van der Waals surface area contributed by atoms with Crippen LogP contribution in [-0.4, -0.2) is 38.5 Å². The first kappa shape index (κ1) is 20.2. The maximum atomic E-state index is 13.7. The predicted molar refractivity (Wildman–Crippen MR) is 105 cm³/mol. The molecule has 10 heteroatoms. The molecule has 1 aliphatic rings. The van der Waals surface area contributed by atoms with Gasteiger partial charge < -0.3 is 4.90 Å². The zero-order chi connectivity index (χ0) is 20.9. The zero-order valence-corrected chi connectivity index (χ0v) is 17.3. The van der Waals surface area contributed by atoms with E-state index >= 15 is 0 Å². The van der Waals surface area contributed by atoms with Crippen LogP contribution in [0.15, 0.2) is 24.3 Å². The molecule has 154 valence electrons. The van der Waals surface area contributed by atoms with Gasteiger partial charge in [0.2, 0.25) is 0 Å². The number of rotatable bonds is 2. The number of carbonyl (C=O) groups is 1. The van der Waals surface area contributed by atoms with Crippen molar-refractivity contribution in [3.63, 3.8) is 0 Å². The first-order chi connectivity index (χ1) is 13.6. The van der Waals surface area contributed by atoms with Crippen molar-refractivity contribution in [3.8, 4) is 10.6 Å². The molecule has 0 spiro atoms. The van der Waals surface area contributed by atoms with E-state index in [1.165, 1.54) is 6.07 Å². The molecular weight excluding hydrogens is 425 g/mol. The number of hydrogen-bond donors (Lipinski definition) is 0. The summed E-state index contributed by atoms with van der Waals surface area (Å²) in [7, 11) is 0. The van der Waals surface area contributed by atoms with Gasteiger partial charge in [-0.1, -0.05) is 25.4 Å². The Balaban J connectivity index is 1.79. The summed E-state index contributed by atoms with van der Waals surface area (Å²) in [5.74, 6) is 0.292. The summed E-state index contributed by atoms with van der Waals surface area (Å²) >= 11 is 7.05. The lowest BCUT2D eigenvalue weighted by Gasteiger charge is -2.34. The molecule has 0 aromatic carbocycles. The van der Waals surface area contributed by atoms with Crippen molar-refractivity contribution >= 4 is 34.5 Å². The maximum absolute atomic E-state index is 13.7. The molecule has 4 rings (SSSR count). The van der Waals surface area contributed by atoms with Crippen molar-refractivity contribution in [1.29, 1.82) is 0 Å². The van der Waals surface area contributed by atoms with Crippen LogP contribution < -0.4 is 0 Å². The number of alkyl halides is 3. The molecule has 1 aliphatic heterocycles. The van der Waals surface area contributed by atoms with Gasteiger partial charge in [0, 0.05) is 19.2 Å². The van der Waals surface area contributed by atoms with Crippen molar-refractivity contribution < 1.29 is 18.0 Å². The minimum Gasteiger partial charge on any atom is -0.337 e. The predicted octanol–water partition coefficient (Wildman–Crippen LogP) is 5.25. The smallest absolute Gasteiger partial charge is 0.337 e. The van der Waals surface area contributed by atoms with Gasteiger partial charge in [-0.15, -0.1) is 11.3 Å². The molecule has 1 saturated heterocycles. The van der Waals surface area contributed by atoms with E-state index in [-0.39, 0.29) is 22.9 Å². The Hall–Kier alpha value is -2.13. The SMILES string of the molecule is CC1CC(C)CN(C(=O)c2cc3nc(-c4ccc(Cl)s4)cc(C(F)(F)F)n3n2)C1. The summed E-state index contributed by atoms with van der Waals surface area (Å²) < 4.78 is 42.2. The highest BCUT2D eigenvalue weighted by Gasteiger charge is 2.36. The van der Waals surface area contributed by atoms with Crippen LogP contribution in [0.25, 0.3) is 16.2 Å². The minimum atomic E-state index is -4.66. The largest absolute Gasteiger partial charge is 0.433 e. The van der Waals surface area contributed by atoms with E-state index in [1.807, 2.05) is 0 Å². The number of hydrogen-bond acceptors (Lipinski definition) is 4. The van der Waals surface area contributed by atoms with Crippen molar-refractivity contribution in [2.75, 3.05) is 13.1 Å². The molecule has 3 aromatic rings. The number of amides is 1. The van der Waals surface area contributed by atoms with Crippen LogP contribution in [0.5, 0.6) is 0 Å². The fraction of sp³-hybridized carbons (Fsp3) is 0.421. The third-order valence-electron chi connectivity index (χ3n) is 4.92. The Kier molecular flexibility index (Phi) is 5.06. The number of thiophene rings is 1. The minimum absolute atomic E-state index is 0.0270. The summed E-state index contributed by atoms with van der Waals surface area (Å²) in [6.07, 6.45) is -3.64. The number of halogens is 4. The molecule has 0 bridgehead atoms. The number of carbonyl (C=O) groups excluding carboxylic acids is 1. The molecule has 0 N–H and O–H groups in total. The standard InChI is InChI=1S/C19H18ClF3N4OS/c1-10-5-11(2)9-26(8-10)18(28)13-7-17-24-12(14-3-4-16(20)29-14)6-15(19(21,22)23)27(17)25-13/h3-4,6-7,10-11H,5,8-9H2,1-2H3. The first-order valence-electron chi connectivity index (χ1n) is 9.15. The third-order valence-corrected chi connectivity index (χ3v) is 6.17. The average molecular weight is 443 g/mol. The molecular formula is C19H18ClF3N4OS. The Morgan fingerprint density at radius 2 is 1.90 bits per heavy atom. The molecule has 3 aromatic heterocycles. The number of nitrogens with zero attached hydrogens (tertiary/aromatic N) is 4. The molecule has 2 unspecified atom stereocenters. The Labute approximate surface area is 174 Å². The molecule has 5 nitrogen and oxygen atoms in total. The van der Waals surface area contributed by atoms with Gasteiger partial charge in [-0.25, -0.2) is 9.50 Å². The van der Waals surface area contributed by atoms with E-state index in [2.05, 4.69) is 23.9 Å². The van der Waals surface area contributed by atoms with Crippen LogP contribution >= 0.6 is 22.9 Å². The lowest BCUT2D eigenvalue weighted by molar-refractivity contribution is -0.142. The highest BCUT2D eigenvalue weighted by atomic mass is 35.5.